The summed E-state index contributed by atoms with van der Waals surface area (Å²) in [5, 5.41) is 3.16. The molecule has 1 heterocycles. The second-order valence-corrected chi connectivity index (χ2v) is 5.39. The van der Waals surface area contributed by atoms with Gasteiger partial charge in [-0.15, -0.1) is 11.8 Å². The van der Waals surface area contributed by atoms with Crippen LogP contribution in [0.1, 0.15) is 33.6 Å². The van der Waals surface area contributed by atoms with Crippen LogP contribution < -0.4 is 5.32 Å². The molecule has 0 amide bonds. The maximum Gasteiger partial charge on any atom is 0.333 e. The zero-order valence-electron chi connectivity index (χ0n) is 9.79. The molecule has 1 saturated heterocycles. The molecule has 2 unspecified atom stereocenters. The number of nitrogens with one attached hydrogen (secondary N) is 1. The Balaban J connectivity index is 2.24. The monoisotopic (exact) mass is 231 g/mol. The molecular formula is C11H21NO2S. The van der Waals surface area contributed by atoms with Gasteiger partial charge in [-0.25, -0.2) is 4.79 Å². The number of carbonyl (C=O) groups is 1. The lowest BCUT2D eigenvalue weighted by Gasteiger charge is -2.15. The number of thioether (sulfide) groups is 1. The molecule has 4 heteroatoms. The van der Waals surface area contributed by atoms with Gasteiger partial charge in [0.1, 0.15) is 0 Å². The van der Waals surface area contributed by atoms with Crippen LogP contribution in [0.25, 0.3) is 0 Å². The Kier molecular flexibility index (Phi) is 5.47. The van der Waals surface area contributed by atoms with Crippen molar-refractivity contribution in [2.24, 2.45) is 5.92 Å². The van der Waals surface area contributed by atoms with Gasteiger partial charge in [0.15, 0.2) is 5.37 Å². The third-order valence-electron chi connectivity index (χ3n) is 2.57. The number of hydrogen-bond acceptors (Lipinski definition) is 4. The summed E-state index contributed by atoms with van der Waals surface area (Å²) in [7, 11) is 0. The molecule has 1 aliphatic heterocycles. The Morgan fingerprint density at radius 3 is 2.87 bits per heavy atom. The molecule has 0 aromatic rings. The maximum atomic E-state index is 11.6. The molecule has 15 heavy (non-hydrogen) atoms. The van der Waals surface area contributed by atoms with Crippen LogP contribution in [0.2, 0.25) is 0 Å². The van der Waals surface area contributed by atoms with Crippen LogP contribution in [0.15, 0.2) is 0 Å². The standard InChI is InChI=1S/C11H21NO2S/c1-4-5-6-14-11(13)10-12-9(7-15-10)8(2)3/h8-10,12H,4-7H2,1-3H3. The quantitative estimate of drug-likeness (QED) is 0.580. The number of esters is 1. The van der Waals surface area contributed by atoms with Crippen molar-refractivity contribution in [1.82, 2.24) is 5.32 Å². The highest BCUT2D eigenvalue weighted by atomic mass is 32.2. The molecule has 1 fully saturated rings. The van der Waals surface area contributed by atoms with Crippen molar-refractivity contribution in [2.75, 3.05) is 12.4 Å². The highest BCUT2D eigenvalue weighted by molar-refractivity contribution is 8.00. The number of unbranched alkanes of at least 4 members (excludes halogenated alkanes) is 1. The van der Waals surface area contributed by atoms with Gasteiger partial charge in [0.2, 0.25) is 0 Å². The first-order valence-electron chi connectivity index (χ1n) is 5.69. The van der Waals surface area contributed by atoms with E-state index in [9.17, 15) is 4.79 Å². The first-order valence-corrected chi connectivity index (χ1v) is 6.74. The molecular weight excluding hydrogens is 210 g/mol. The molecule has 3 nitrogen and oxygen atoms in total. The van der Waals surface area contributed by atoms with Crippen LogP contribution >= 0.6 is 11.8 Å². The van der Waals surface area contributed by atoms with E-state index in [1.807, 2.05) is 0 Å². The van der Waals surface area contributed by atoms with Crippen LogP contribution in [0, 0.1) is 5.92 Å². The largest absolute Gasteiger partial charge is 0.464 e. The number of hydrogen-bond donors (Lipinski definition) is 1. The van der Waals surface area contributed by atoms with E-state index in [1.54, 1.807) is 11.8 Å². The topological polar surface area (TPSA) is 38.3 Å². The van der Waals surface area contributed by atoms with E-state index in [0.717, 1.165) is 18.6 Å². The van der Waals surface area contributed by atoms with Gasteiger partial charge in [-0.2, -0.15) is 0 Å². The van der Waals surface area contributed by atoms with E-state index in [1.165, 1.54) is 0 Å². The molecule has 0 bridgehead atoms. The molecule has 1 rings (SSSR count). The summed E-state index contributed by atoms with van der Waals surface area (Å²) >= 11 is 1.66. The summed E-state index contributed by atoms with van der Waals surface area (Å²) < 4.78 is 5.17. The molecule has 0 saturated carbocycles. The van der Waals surface area contributed by atoms with E-state index >= 15 is 0 Å². The highest BCUT2D eigenvalue weighted by Gasteiger charge is 2.32. The van der Waals surface area contributed by atoms with Gasteiger partial charge < -0.3 is 4.74 Å². The van der Waals surface area contributed by atoms with E-state index in [0.29, 0.717) is 18.6 Å². The van der Waals surface area contributed by atoms with E-state index in [-0.39, 0.29) is 11.3 Å². The van der Waals surface area contributed by atoms with E-state index in [4.69, 9.17) is 4.74 Å². The molecule has 0 aliphatic carbocycles. The molecule has 88 valence electrons. The first kappa shape index (κ1) is 12.8. The minimum Gasteiger partial charge on any atom is -0.464 e. The fraction of sp³-hybridized carbons (Fsp3) is 0.909. The Morgan fingerprint density at radius 2 is 2.33 bits per heavy atom. The van der Waals surface area contributed by atoms with Crippen LogP contribution in [-0.2, 0) is 9.53 Å². The summed E-state index contributed by atoms with van der Waals surface area (Å²) in [5.41, 5.74) is 0. The summed E-state index contributed by atoms with van der Waals surface area (Å²) in [6, 6.07) is 0.443. The third kappa shape index (κ3) is 4.03. The Bertz CT molecular complexity index is 209. The molecule has 2 atom stereocenters. The second-order valence-electron chi connectivity index (χ2n) is 4.25. The zero-order chi connectivity index (χ0) is 11.3. The van der Waals surface area contributed by atoms with Crippen molar-refractivity contribution < 1.29 is 9.53 Å². The third-order valence-corrected chi connectivity index (χ3v) is 3.78. The minimum absolute atomic E-state index is 0.100. The van der Waals surface area contributed by atoms with Crippen molar-refractivity contribution in [1.29, 1.82) is 0 Å². The van der Waals surface area contributed by atoms with Crippen molar-refractivity contribution in [3.05, 3.63) is 0 Å². The summed E-state index contributed by atoms with van der Waals surface area (Å²) in [6.07, 6.45) is 2.02. The van der Waals surface area contributed by atoms with Crippen LogP contribution in [0.5, 0.6) is 0 Å². The number of rotatable bonds is 5. The van der Waals surface area contributed by atoms with E-state index < -0.39 is 0 Å². The van der Waals surface area contributed by atoms with Gasteiger partial charge in [-0.1, -0.05) is 27.2 Å². The lowest BCUT2D eigenvalue weighted by molar-refractivity contribution is -0.143. The normalized spacial score (nSPS) is 25.9. The second kappa shape index (κ2) is 6.38. The summed E-state index contributed by atoms with van der Waals surface area (Å²) in [6.45, 7) is 6.98. The van der Waals surface area contributed by atoms with Crippen LogP contribution in [0.4, 0.5) is 0 Å². The van der Waals surface area contributed by atoms with Crippen molar-refractivity contribution in [3.63, 3.8) is 0 Å². The predicted molar refractivity (Wildman–Crippen MR) is 63.9 cm³/mol. The summed E-state index contributed by atoms with van der Waals surface area (Å²) in [4.78, 5) is 11.6. The van der Waals surface area contributed by atoms with Crippen molar-refractivity contribution in [3.8, 4) is 0 Å². The average molecular weight is 231 g/mol. The SMILES string of the molecule is CCCCOC(=O)C1NC(C(C)C)CS1. The Labute approximate surface area is 96.3 Å². The Morgan fingerprint density at radius 1 is 1.60 bits per heavy atom. The average Bonchev–Trinajstić information content (AvgIpc) is 2.66. The first-order chi connectivity index (χ1) is 7.15. The summed E-state index contributed by atoms with van der Waals surface area (Å²) in [5.74, 6) is 1.48. The van der Waals surface area contributed by atoms with Gasteiger partial charge in [-0.05, 0) is 12.3 Å². The van der Waals surface area contributed by atoms with Gasteiger partial charge in [0.05, 0.1) is 6.61 Å². The number of ether oxygens (including phenoxy) is 1. The lowest BCUT2D eigenvalue weighted by Crippen LogP contribution is -2.38. The fourth-order valence-corrected chi connectivity index (χ4v) is 2.76. The zero-order valence-corrected chi connectivity index (χ0v) is 10.6. The molecule has 0 aromatic carbocycles. The molecule has 1 aliphatic rings. The number of carbonyl (C=O) groups excluding carboxylic acids is 1. The lowest BCUT2D eigenvalue weighted by atomic mass is 10.1. The Hall–Kier alpha value is -0.220. The molecule has 0 radical (unpaired) electrons. The molecule has 0 spiro atoms. The molecule has 1 N–H and O–H groups in total. The van der Waals surface area contributed by atoms with E-state index in [2.05, 4.69) is 26.1 Å². The van der Waals surface area contributed by atoms with Crippen LogP contribution in [-0.4, -0.2) is 29.7 Å². The van der Waals surface area contributed by atoms with Gasteiger partial charge in [0.25, 0.3) is 0 Å². The smallest absolute Gasteiger partial charge is 0.333 e. The van der Waals surface area contributed by atoms with Gasteiger partial charge >= 0.3 is 5.97 Å². The highest BCUT2D eigenvalue weighted by Crippen LogP contribution is 2.23. The maximum absolute atomic E-state index is 11.6. The minimum atomic E-state index is -0.144. The van der Waals surface area contributed by atoms with Gasteiger partial charge in [-0.3, -0.25) is 5.32 Å². The van der Waals surface area contributed by atoms with Crippen LogP contribution in [0.3, 0.4) is 0 Å². The van der Waals surface area contributed by atoms with Gasteiger partial charge in [0, 0.05) is 11.8 Å². The van der Waals surface area contributed by atoms with Crippen molar-refractivity contribution >= 4 is 17.7 Å². The van der Waals surface area contributed by atoms with Crippen molar-refractivity contribution in [2.45, 2.75) is 45.0 Å². The predicted octanol–water partition coefficient (Wildman–Crippen LogP) is 2.02. The molecule has 0 aromatic heterocycles. The fourth-order valence-electron chi connectivity index (χ4n) is 1.40.